The van der Waals surface area contributed by atoms with Crippen LogP contribution >= 0.6 is 0 Å². The zero-order valence-corrected chi connectivity index (χ0v) is 37.4. The minimum atomic E-state index is 0.231. The van der Waals surface area contributed by atoms with Gasteiger partial charge in [0.15, 0.2) is 0 Å². The summed E-state index contributed by atoms with van der Waals surface area (Å²) in [5.41, 5.74) is 32.1. The SMILES string of the molecule is C1=CC2C3=C4C(=CC=C5c6ccc(-c7c(-c8ccccc8)c(-c8ccccc8)c(-c8ccccc8)c(-c8ccccc8)c7-c7ccccc7)cc6C(C=C3)C54)C3=CC=C4C(=C1c1ccccc14)C32. The predicted octanol–water partition coefficient (Wildman–Crippen LogP) is 17.2. The lowest BCUT2D eigenvalue weighted by atomic mass is 9.57. The van der Waals surface area contributed by atoms with Crippen LogP contribution in [0.4, 0.5) is 0 Å². The van der Waals surface area contributed by atoms with E-state index in [9.17, 15) is 0 Å². The molecule has 0 nitrogen and oxygen atoms in total. The smallest absolute Gasteiger partial charge is 0.0211 e. The third kappa shape index (κ3) is 5.26. The standard InChI is InChI=1S/C68H44/c1-6-18-41(19-7-1)59-60(42-20-8-2-9-21-42)62(44-24-12-4-13-25-44)64(63(45-26-14-5-15-27-45)61(59)43-22-10-3-11-23-43)46-30-31-49-52-34-37-55-53-35-32-50-47-28-16-17-29-48(47)51-33-36-54(67(53)65(50)51)56-38-39-57(58(49)40-46)66(52)68(55)56/h1-40,54,57,66-67H. The van der Waals surface area contributed by atoms with E-state index in [0.717, 1.165) is 0 Å². The van der Waals surface area contributed by atoms with E-state index >= 15 is 0 Å². The lowest BCUT2D eigenvalue weighted by Crippen LogP contribution is -2.34. The molecule has 4 atom stereocenters. The molecule has 0 aromatic heterocycles. The van der Waals surface area contributed by atoms with Gasteiger partial charge in [-0.15, -0.1) is 0 Å². The first-order chi connectivity index (χ1) is 33.8. The Morgan fingerprint density at radius 2 is 0.735 bits per heavy atom. The Labute approximate surface area is 398 Å². The van der Waals surface area contributed by atoms with Crippen molar-refractivity contribution < 1.29 is 0 Å². The lowest BCUT2D eigenvalue weighted by molar-refractivity contribution is 0.549. The Balaban J connectivity index is 0.990. The predicted molar refractivity (Wildman–Crippen MR) is 283 cm³/mol. The van der Waals surface area contributed by atoms with Crippen molar-refractivity contribution in [1.29, 1.82) is 0 Å². The van der Waals surface area contributed by atoms with Gasteiger partial charge >= 0.3 is 0 Å². The Bertz CT molecular complexity index is 3630. The molecule has 0 N–H and O–H groups in total. The van der Waals surface area contributed by atoms with E-state index in [1.807, 2.05) is 0 Å². The van der Waals surface area contributed by atoms with E-state index in [4.69, 9.17) is 0 Å². The first-order valence-corrected chi connectivity index (χ1v) is 24.2. The molecule has 4 unspecified atom stereocenters. The molecule has 316 valence electrons. The van der Waals surface area contributed by atoms with Gasteiger partial charge in [0.1, 0.15) is 0 Å². The van der Waals surface area contributed by atoms with Crippen LogP contribution in [-0.2, 0) is 0 Å². The van der Waals surface area contributed by atoms with Crippen LogP contribution in [-0.4, -0.2) is 0 Å². The molecule has 68 heavy (non-hydrogen) atoms. The highest BCUT2D eigenvalue weighted by Crippen LogP contribution is 2.66. The molecule has 0 amide bonds. The van der Waals surface area contributed by atoms with Crippen molar-refractivity contribution in [2.24, 2.45) is 17.8 Å². The van der Waals surface area contributed by atoms with E-state index in [1.54, 1.807) is 5.57 Å². The van der Waals surface area contributed by atoms with Crippen molar-refractivity contribution in [2.45, 2.75) is 5.92 Å². The molecule has 0 bridgehead atoms. The van der Waals surface area contributed by atoms with Crippen LogP contribution in [0.1, 0.15) is 28.2 Å². The molecule has 0 heteroatoms. The highest BCUT2D eigenvalue weighted by atomic mass is 14.5. The summed E-state index contributed by atoms with van der Waals surface area (Å²) in [6, 6.07) is 72.1. The summed E-state index contributed by atoms with van der Waals surface area (Å²) in [6.07, 6.45) is 19.9. The molecule has 7 aliphatic carbocycles. The van der Waals surface area contributed by atoms with Gasteiger partial charge in [-0.05, 0) is 140 Å². The molecule has 0 heterocycles. The fraction of sp³-hybridized carbons (Fsp3) is 0.0588. The summed E-state index contributed by atoms with van der Waals surface area (Å²) >= 11 is 0. The lowest BCUT2D eigenvalue weighted by Gasteiger charge is -2.46. The molecule has 0 saturated carbocycles. The second-order valence-electron chi connectivity index (χ2n) is 19.3. The minimum Gasteiger partial charge on any atom is -0.0757 e. The fourth-order valence-electron chi connectivity index (χ4n) is 13.4. The number of hydrogen-bond acceptors (Lipinski definition) is 0. The quantitative estimate of drug-likeness (QED) is 0.156. The number of benzene rings is 8. The Morgan fingerprint density at radius 3 is 1.28 bits per heavy atom. The van der Waals surface area contributed by atoms with Crippen LogP contribution in [0, 0.1) is 17.8 Å². The van der Waals surface area contributed by atoms with Crippen LogP contribution in [0.2, 0.25) is 0 Å². The van der Waals surface area contributed by atoms with Gasteiger partial charge in [-0.1, -0.05) is 237 Å². The third-order valence-corrected chi connectivity index (χ3v) is 16.0. The zero-order valence-electron chi connectivity index (χ0n) is 37.4. The topological polar surface area (TPSA) is 0 Å². The first-order valence-electron chi connectivity index (χ1n) is 24.2. The van der Waals surface area contributed by atoms with Gasteiger partial charge in [0, 0.05) is 23.7 Å². The van der Waals surface area contributed by atoms with Crippen molar-refractivity contribution in [3.63, 3.8) is 0 Å². The largest absolute Gasteiger partial charge is 0.0757 e. The van der Waals surface area contributed by atoms with Gasteiger partial charge in [0.2, 0.25) is 0 Å². The third-order valence-electron chi connectivity index (χ3n) is 16.0. The van der Waals surface area contributed by atoms with Crippen molar-refractivity contribution in [2.75, 3.05) is 0 Å². The highest BCUT2D eigenvalue weighted by Gasteiger charge is 2.51. The Morgan fingerprint density at radius 1 is 0.294 bits per heavy atom. The number of rotatable bonds is 6. The van der Waals surface area contributed by atoms with E-state index in [-0.39, 0.29) is 11.8 Å². The van der Waals surface area contributed by atoms with Crippen molar-refractivity contribution in [3.05, 3.63) is 293 Å². The fourth-order valence-corrected chi connectivity index (χ4v) is 13.4. The molecular formula is C68H44. The molecule has 8 aromatic rings. The van der Waals surface area contributed by atoms with E-state index in [2.05, 4.69) is 243 Å². The molecule has 15 rings (SSSR count). The summed E-state index contributed by atoms with van der Waals surface area (Å²) < 4.78 is 0. The summed E-state index contributed by atoms with van der Waals surface area (Å²) in [4.78, 5) is 0. The van der Waals surface area contributed by atoms with Crippen LogP contribution in [0.5, 0.6) is 0 Å². The maximum atomic E-state index is 2.59. The van der Waals surface area contributed by atoms with E-state index in [0.29, 0.717) is 11.8 Å². The zero-order chi connectivity index (χ0) is 44.5. The Kier molecular flexibility index (Phi) is 8.12. The average molecular weight is 861 g/mol. The van der Waals surface area contributed by atoms with Crippen molar-refractivity contribution >= 4 is 16.7 Å². The normalized spacial score (nSPS) is 20.5. The summed E-state index contributed by atoms with van der Waals surface area (Å²) in [7, 11) is 0. The molecule has 0 spiro atoms. The molecule has 0 saturated heterocycles. The number of fused-ring (bicyclic) bond motifs is 8. The molecule has 8 aromatic carbocycles. The van der Waals surface area contributed by atoms with Crippen LogP contribution in [0.25, 0.3) is 83.5 Å². The number of allylic oxidation sites excluding steroid dienone is 16. The monoisotopic (exact) mass is 860 g/mol. The maximum Gasteiger partial charge on any atom is 0.0211 e. The second kappa shape index (κ2) is 14.6. The van der Waals surface area contributed by atoms with Crippen molar-refractivity contribution in [1.82, 2.24) is 0 Å². The maximum absolute atomic E-state index is 2.59. The molecular weight excluding hydrogens is 817 g/mol. The van der Waals surface area contributed by atoms with Gasteiger partial charge in [0.05, 0.1) is 0 Å². The van der Waals surface area contributed by atoms with Crippen LogP contribution in [0.3, 0.4) is 0 Å². The van der Waals surface area contributed by atoms with Crippen LogP contribution < -0.4 is 0 Å². The molecule has 0 aliphatic heterocycles. The Hall–Kier alpha value is -8.32. The van der Waals surface area contributed by atoms with Gasteiger partial charge in [-0.2, -0.15) is 0 Å². The van der Waals surface area contributed by atoms with Crippen LogP contribution in [0.15, 0.2) is 271 Å². The second-order valence-corrected chi connectivity index (χ2v) is 19.3. The van der Waals surface area contributed by atoms with Gasteiger partial charge in [0.25, 0.3) is 0 Å². The average Bonchev–Trinajstić information content (AvgIpc) is 3.93. The minimum absolute atomic E-state index is 0.231. The first kappa shape index (κ1) is 37.9. The van der Waals surface area contributed by atoms with E-state index in [1.165, 1.54) is 128 Å². The van der Waals surface area contributed by atoms with Gasteiger partial charge in [-0.3, -0.25) is 0 Å². The van der Waals surface area contributed by atoms with Gasteiger partial charge < -0.3 is 0 Å². The number of hydrogen-bond donors (Lipinski definition) is 0. The molecule has 0 radical (unpaired) electrons. The molecule has 7 aliphatic rings. The van der Waals surface area contributed by atoms with Crippen molar-refractivity contribution in [3.8, 4) is 66.8 Å². The summed E-state index contributed by atoms with van der Waals surface area (Å²) in [6.45, 7) is 0. The highest BCUT2D eigenvalue weighted by molar-refractivity contribution is 6.15. The molecule has 0 fully saturated rings. The summed E-state index contributed by atoms with van der Waals surface area (Å²) in [5.74, 6) is 1.16. The van der Waals surface area contributed by atoms with Gasteiger partial charge in [-0.25, -0.2) is 0 Å². The summed E-state index contributed by atoms with van der Waals surface area (Å²) in [5, 5.41) is 0. The van der Waals surface area contributed by atoms with E-state index < -0.39 is 0 Å².